The molecule has 2 aromatic rings. The molecule has 7 heteroatoms. The Hall–Kier alpha value is -3.55. The van der Waals surface area contributed by atoms with E-state index in [9.17, 15) is 28.2 Å². The lowest BCUT2D eigenvalue weighted by molar-refractivity contribution is 0.0685. The molecule has 2 rings (SSSR count). The lowest BCUT2D eigenvalue weighted by Crippen LogP contribution is -2.08. The second kappa shape index (κ2) is 11.9. The molecule has 0 saturated carbocycles. The summed E-state index contributed by atoms with van der Waals surface area (Å²) in [5.41, 5.74) is 0.0612. The fourth-order valence-electron chi connectivity index (χ4n) is 2.94. The molecular formula is C26H26O6S. The molecule has 0 unspecified atom stereocenters. The molecule has 0 saturated heterocycles. The molecule has 0 amide bonds. The number of rotatable bonds is 8. The van der Waals surface area contributed by atoms with E-state index in [1.165, 1.54) is 36.4 Å². The first-order valence-electron chi connectivity index (χ1n) is 10.7. The van der Waals surface area contributed by atoms with Crippen molar-refractivity contribution in [2.45, 2.75) is 62.2 Å². The van der Waals surface area contributed by atoms with Gasteiger partial charge in [0.1, 0.15) is 0 Å². The van der Waals surface area contributed by atoms with Crippen LogP contribution in [-0.4, -0.2) is 30.6 Å². The van der Waals surface area contributed by atoms with E-state index in [2.05, 4.69) is 23.7 Å². The van der Waals surface area contributed by atoms with Crippen molar-refractivity contribution in [2.24, 2.45) is 0 Å². The van der Waals surface area contributed by atoms with Crippen LogP contribution in [0.1, 0.15) is 84.2 Å². The van der Waals surface area contributed by atoms with Gasteiger partial charge in [-0.3, -0.25) is 0 Å². The topological polar surface area (TPSA) is 109 Å². The summed E-state index contributed by atoms with van der Waals surface area (Å²) in [6.07, 6.45) is 4.72. The average molecular weight is 467 g/mol. The Labute approximate surface area is 194 Å². The van der Waals surface area contributed by atoms with E-state index >= 15 is 0 Å². The zero-order valence-electron chi connectivity index (χ0n) is 18.6. The van der Waals surface area contributed by atoms with Crippen molar-refractivity contribution in [3.05, 3.63) is 58.7 Å². The summed E-state index contributed by atoms with van der Waals surface area (Å²) in [7, 11) is -4.06. The van der Waals surface area contributed by atoms with Gasteiger partial charge in [-0.2, -0.15) is 0 Å². The number of aromatic carboxylic acids is 2. The molecule has 0 aliphatic carbocycles. The van der Waals surface area contributed by atoms with Gasteiger partial charge in [-0.1, -0.05) is 50.4 Å². The van der Waals surface area contributed by atoms with Crippen LogP contribution in [-0.2, 0) is 9.84 Å². The Bertz CT molecular complexity index is 1170. The maximum absolute atomic E-state index is 13.3. The minimum absolute atomic E-state index is 0.0818. The quantitative estimate of drug-likeness (QED) is 0.419. The van der Waals surface area contributed by atoms with E-state index in [1.807, 2.05) is 13.8 Å². The molecule has 0 heterocycles. The van der Waals surface area contributed by atoms with Crippen LogP contribution < -0.4 is 0 Å². The normalized spacial score (nSPS) is 10.5. The van der Waals surface area contributed by atoms with E-state index in [0.717, 1.165) is 25.7 Å². The number of carbonyl (C=O) groups is 2. The molecule has 6 nitrogen and oxygen atoms in total. The van der Waals surface area contributed by atoms with E-state index in [0.29, 0.717) is 12.8 Å². The number of benzene rings is 2. The van der Waals surface area contributed by atoms with E-state index in [-0.39, 0.29) is 32.0 Å². The summed E-state index contributed by atoms with van der Waals surface area (Å²) in [5.74, 6) is 8.92. The largest absolute Gasteiger partial charge is 0.478 e. The Morgan fingerprint density at radius 1 is 0.758 bits per heavy atom. The minimum Gasteiger partial charge on any atom is -0.478 e. The van der Waals surface area contributed by atoms with Crippen molar-refractivity contribution in [2.75, 3.05) is 0 Å². The van der Waals surface area contributed by atoms with Gasteiger partial charge in [0.2, 0.25) is 9.84 Å². The summed E-state index contributed by atoms with van der Waals surface area (Å²) in [5, 5.41) is 18.9. The van der Waals surface area contributed by atoms with Crippen LogP contribution in [0.25, 0.3) is 0 Å². The number of hydrogen-bond donors (Lipinski definition) is 2. The molecule has 0 aliphatic heterocycles. The van der Waals surface area contributed by atoms with Crippen molar-refractivity contribution < 1.29 is 28.2 Å². The summed E-state index contributed by atoms with van der Waals surface area (Å²) in [4.78, 5) is 22.8. The summed E-state index contributed by atoms with van der Waals surface area (Å²) in [6.45, 7) is 4.02. The second-order valence-corrected chi connectivity index (χ2v) is 9.29. The molecule has 0 aliphatic rings. The van der Waals surface area contributed by atoms with Gasteiger partial charge >= 0.3 is 11.9 Å². The molecular weight excluding hydrogens is 440 g/mol. The Morgan fingerprint density at radius 3 is 1.48 bits per heavy atom. The number of carboxylic acids is 2. The van der Waals surface area contributed by atoms with Crippen LogP contribution in [0, 0.1) is 23.7 Å². The Kier molecular flexibility index (Phi) is 9.27. The van der Waals surface area contributed by atoms with Crippen molar-refractivity contribution in [3.63, 3.8) is 0 Å². The molecule has 0 atom stereocenters. The van der Waals surface area contributed by atoms with Crippen molar-refractivity contribution in [1.82, 2.24) is 0 Å². The zero-order valence-corrected chi connectivity index (χ0v) is 19.5. The second-order valence-electron chi connectivity index (χ2n) is 7.34. The number of sulfone groups is 1. The summed E-state index contributed by atoms with van der Waals surface area (Å²) >= 11 is 0. The van der Waals surface area contributed by atoms with E-state index in [4.69, 9.17) is 0 Å². The number of unbranched alkanes of at least 4 members (excludes halogenated alkanes) is 4. The lowest BCUT2D eigenvalue weighted by Gasteiger charge is -2.09. The number of carboxylic acid groups (broad SMARTS) is 2. The van der Waals surface area contributed by atoms with Crippen LogP contribution >= 0.6 is 0 Å². The van der Waals surface area contributed by atoms with Crippen LogP contribution in [0.4, 0.5) is 0 Å². The van der Waals surface area contributed by atoms with Crippen molar-refractivity contribution in [1.29, 1.82) is 0 Å². The van der Waals surface area contributed by atoms with Gasteiger partial charge in [0.25, 0.3) is 0 Å². The molecule has 2 N–H and O–H groups in total. The van der Waals surface area contributed by atoms with Gasteiger partial charge in [-0.25, -0.2) is 18.0 Å². The highest BCUT2D eigenvalue weighted by Gasteiger charge is 2.22. The molecule has 0 aromatic heterocycles. The third-order valence-corrected chi connectivity index (χ3v) is 6.57. The maximum Gasteiger partial charge on any atom is 0.336 e. The highest BCUT2D eigenvalue weighted by molar-refractivity contribution is 7.91. The van der Waals surface area contributed by atoms with Crippen LogP contribution in [0.3, 0.4) is 0 Å². The van der Waals surface area contributed by atoms with Gasteiger partial charge in [-0.15, -0.1) is 0 Å². The summed E-state index contributed by atoms with van der Waals surface area (Å²) in [6, 6.07) is 7.36. The highest BCUT2D eigenvalue weighted by atomic mass is 32.2. The van der Waals surface area contributed by atoms with Gasteiger partial charge in [0, 0.05) is 24.0 Å². The fourth-order valence-corrected chi connectivity index (χ4v) is 4.26. The van der Waals surface area contributed by atoms with E-state index in [1.54, 1.807) is 0 Å². The Morgan fingerprint density at radius 2 is 1.15 bits per heavy atom. The first kappa shape index (κ1) is 25.7. The Balaban J connectivity index is 2.56. The molecule has 0 spiro atoms. The van der Waals surface area contributed by atoms with Gasteiger partial charge in [-0.05, 0) is 49.2 Å². The summed E-state index contributed by atoms with van der Waals surface area (Å²) < 4.78 is 26.5. The first-order chi connectivity index (χ1) is 15.7. The zero-order chi connectivity index (χ0) is 24.4. The molecule has 0 fully saturated rings. The first-order valence-corrected chi connectivity index (χ1v) is 12.2. The van der Waals surface area contributed by atoms with Crippen LogP contribution in [0.5, 0.6) is 0 Å². The van der Waals surface area contributed by atoms with Gasteiger partial charge < -0.3 is 10.2 Å². The molecule has 33 heavy (non-hydrogen) atoms. The lowest BCUT2D eigenvalue weighted by atomic mass is 10.1. The van der Waals surface area contributed by atoms with Gasteiger partial charge in [0.15, 0.2) is 0 Å². The van der Waals surface area contributed by atoms with Crippen molar-refractivity contribution in [3.8, 4) is 23.7 Å². The number of hydrogen-bond acceptors (Lipinski definition) is 4. The predicted octanol–water partition coefficient (Wildman–Crippen LogP) is 5.00. The monoisotopic (exact) mass is 466 g/mol. The molecule has 0 bridgehead atoms. The molecule has 0 radical (unpaired) electrons. The third kappa shape index (κ3) is 6.71. The minimum atomic E-state index is -4.06. The third-order valence-electron chi connectivity index (χ3n) is 4.82. The SMILES string of the molecule is CCCCC#Cc1cc(S(=O)(=O)c2ccc(C(=O)O)c(C#CCCCC)c2)ccc1C(=O)O. The smallest absolute Gasteiger partial charge is 0.336 e. The maximum atomic E-state index is 13.3. The fraction of sp³-hybridized carbons (Fsp3) is 0.308. The highest BCUT2D eigenvalue weighted by Crippen LogP contribution is 2.25. The van der Waals surface area contributed by atoms with E-state index < -0.39 is 21.8 Å². The van der Waals surface area contributed by atoms with Crippen molar-refractivity contribution >= 4 is 21.8 Å². The predicted molar refractivity (Wildman–Crippen MR) is 125 cm³/mol. The van der Waals surface area contributed by atoms with Crippen LogP contribution in [0.2, 0.25) is 0 Å². The van der Waals surface area contributed by atoms with Crippen LogP contribution in [0.15, 0.2) is 46.2 Å². The molecule has 172 valence electrons. The average Bonchev–Trinajstić information content (AvgIpc) is 2.79. The molecule has 2 aromatic carbocycles. The standard InChI is InChI=1S/C26H26O6S/c1-3-5-7-9-11-19-17-21(13-15-23(19)25(27)28)33(31,32)22-14-16-24(26(29)30)20(18-22)12-10-8-6-4-2/h13-18H,3-8H2,1-2H3,(H,27,28)(H,29,30). The van der Waals surface area contributed by atoms with Gasteiger partial charge in [0.05, 0.1) is 20.9 Å².